The summed E-state index contributed by atoms with van der Waals surface area (Å²) in [6.45, 7) is 1.81. The zero-order valence-electron chi connectivity index (χ0n) is 20.7. The monoisotopic (exact) mass is 515 g/mol. The van der Waals surface area contributed by atoms with E-state index in [1.807, 2.05) is 55.5 Å². The molecule has 10 heteroatoms. The predicted molar refractivity (Wildman–Crippen MR) is 145 cm³/mol. The molecule has 0 saturated carbocycles. The number of hydrogen-bond acceptors (Lipinski definition) is 7. The van der Waals surface area contributed by atoms with Crippen molar-refractivity contribution in [3.8, 4) is 17.5 Å². The van der Waals surface area contributed by atoms with Crippen LogP contribution in [-0.4, -0.2) is 30.1 Å². The molecule has 0 unspecified atom stereocenters. The molecule has 0 fully saturated rings. The van der Waals surface area contributed by atoms with Gasteiger partial charge in [0.15, 0.2) is 23.6 Å². The fourth-order valence-electron chi connectivity index (χ4n) is 4.52. The van der Waals surface area contributed by atoms with Gasteiger partial charge in [-0.1, -0.05) is 36.3 Å². The highest BCUT2D eigenvalue weighted by atomic mass is 16.3. The van der Waals surface area contributed by atoms with Crippen LogP contribution >= 0.6 is 0 Å². The Balaban J connectivity index is 1.48. The van der Waals surface area contributed by atoms with E-state index in [1.165, 1.54) is 17.2 Å². The average molecular weight is 516 g/mol. The van der Waals surface area contributed by atoms with Crippen molar-refractivity contribution >= 4 is 28.1 Å². The molecule has 0 saturated heterocycles. The third-order valence-corrected chi connectivity index (χ3v) is 6.29. The molecule has 2 aromatic carbocycles. The van der Waals surface area contributed by atoms with E-state index in [0.29, 0.717) is 39.1 Å². The Morgan fingerprint density at radius 3 is 2.72 bits per heavy atom. The van der Waals surface area contributed by atoms with Gasteiger partial charge in [-0.2, -0.15) is 0 Å². The summed E-state index contributed by atoms with van der Waals surface area (Å²) in [7, 11) is 0. The molecule has 0 aliphatic heterocycles. The number of amides is 1. The van der Waals surface area contributed by atoms with Crippen LogP contribution in [0.2, 0.25) is 0 Å². The Labute approximate surface area is 221 Å². The van der Waals surface area contributed by atoms with Gasteiger partial charge in [-0.05, 0) is 48.6 Å². The van der Waals surface area contributed by atoms with Crippen molar-refractivity contribution in [3.63, 3.8) is 0 Å². The van der Waals surface area contributed by atoms with Gasteiger partial charge in [0.25, 0.3) is 11.5 Å². The summed E-state index contributed by atoms with van der Waals surface area (Å²) in [6.07, 6.45) is 5.97. The Hall–Kier alpha value is -5.69. The number of carbonyl (C=O) groups excluding carboxylic acids is 1. The first-order valence-electron chi connectivity index (χ1n) is 12.1. The molecule has 4 heterocycles. The Bertz CT molecular complexity index is 1960. The molecule has 1 amide bonds. The minimum atomic E-state index is -0.585. The summed E-state index contributed by atoms with van der Waals surface area (Å²) in [5.74, 6) is 5.59. The molecule has 1 atom stereocenters. The molecular weight excluding hydrogens is 494 g/mol. The zero-order valence-corrected chi connectivity index (χ0v) is 20.7. The topological polar surface area (TPSA) is 133 Å². The first kappa shape index (κ1) is 23.7. The smallest absolute Gasteiger partial charge is 0.264 e. The third-order valence-electron chi connectivity index (χ3n) is 6.29. The second-order valence-corrected chi connectivity index (χ2v) is 8.78. The number of aromatic nitrogens is 5. The summed E-state index contributed by atoms with van der Waals surface area (Å²) >= 11 is 0. The van der Waals surface area contributed by atoms with Crippen molar-refractivity contribution in [3.05, 3.63) is 119 Å². The lowest BCUT2D eigenvalue weighted by molar-refractivity contribution is 0.0941. The van der Waals surface area contributed by atoms with Gasteiger partial charge in [0.1, 0.15) is 11.8 Å². The number of benzene rings is 2. The van der Waals surface area contributed by atoms with Crippen LogP contribution in [0.4, 0.5) is 5.82 Å². The van der Waals surface area contributed by atoms with Crippen LogP contribution in [0.15, 0.2) is 94.9 Å². The second kappa shape index (κ2) is 9.64. The van der Waals surface area contributed by atoms with Gasteiger partial charge in [0, 0.05) is 29.3 Å². The number of oxazole rings is 1. The van der Waals surface area contributed by atoms with Crippen LogP contribution in [0.5, 0.6) is 0 Å². The Kier molecular flexibility index (Phi) is 5.86. The first-order chi connectivity index (χ1) is 19.0. The van der Waals surface area contributed by atoms with E-state index in [-0.39, 0.29) is 16.9 Å². The van der Waals surface area contributed by atoms with Crippen molar-refractivity contribution in [2.24, 2.45) is 0 Å². The van der Waals surface area contributed by atoms with Gasteiger partial charge in [0.2, 0.25) is 0 Å². The van der Waals surface area contributed by atoms with E-state index in [4.69, 9.17) is 10.2 Å². The van der Waals surface area contributed by atoms with E-state index in [9.17, 15) is 9.59 Å². The molecule has 4 aromatic heterocycles. The Morgan fingerprint density at radius 1 is 1.08 bits per heavy atom. The van der Waals surface area contributed by atoms with E-state index >= 15 is 0 Å². The van der Waals surface area contributed by atoms with Gasteiger partial charge in [-0.15, -0.1) is 5.10 Å². The minimum absolute atomic E-state index is 0.0627. The number of hydrogen-bond donors (Lipinski definition) is 2. The molecule has 0 bridgehead atoms. The SMILES string of the molecule is C[C@@H](NC(=O)c1c(N)nn2cccnc12)c1cc2cccc(C#Cc3cocn3)c2c(=O)n1-c1ccccc1. The van der Waals surface area contributed by atoms with E-state index in [2.05, 4.69) is 32.2 Å². The zero-order chi connectivity index (χ0) is 26.9. The molecule has 0 aliphatic rings. The lowest BCUT2D eigenvalue weighted by Gasteiger charge is -2.21. The number of carbonyl (C=O) groups is 1. The number of pyridine rings is 1. The van der Waals surface area contributed by atoms with Crippen LogP contribution in [0, 0.1) is 11.8 Å². The van der Waals surface area contributed by atoms with Crippen LogP contribution in [0.25, 0.3) is 22.1 Å². The van der Waals surface area contributed by atoms with Crippen molar-refractivity contribution < 1.29 is 9.21 Å². The van der Waals surface area contributed by atoms with Gasteiger partial charge in [-0.25, -0.2) is 14.5 Å². The maximum atomic E-state index is 14.1. The molecule has 6 aromatic rings. The fourth-order valence-corrected chi connectivity index (χ4v) is 4.52. The Morgan fingerprint density at radius 2 is 1.92 bits per heavy atom. The van der Waals surface area contributed by atoms with Crippen molar-refractivity contribution in [1.82, 2.24) is 29.5 Å². The number of nitrogens with zero attached hydrogens (tertiary/aromatic N) is 5. The molecule has 0 spiro atoms. The number of nitrogens with two attached hydrogens (primary N) is 1. The van der Waals surface area contributed by atoms with Crippen molar-refractivity contribution in [2.75, 3.05) is 5.73 Å². The molecule has 0 aliphatic carbocycles. The molecule has 190 valence electrons. The van der Waals surface area contributed by atoms with E-state index in [0.717, 1.165) is 0 Å². The highest BCUT2D eigenvalue weighted by Crippen LogP contribution is 2.24. The largest absolute Gasteiger partial charge is 0.450 e. The molecule has 10 nitrogen and oxygen atoms in total. The number of rotatable bonds is 4. The first-order valence-corrected chi connectivity index (χ1v) is 12.1. The van der Waals surface area contributed by atoms with E-state index in [1.54, 1.807) is 29.1 Å². The summed E-state index contributed by atoms with van der Waals surface area (Å²) in [6, 6.07) is 17.7. The van der Waals surface area contributed by atoms with Gasteiger partial charge in [0.05, 0.1) is 11.4 Å². The molecule has 6 rings (SSSR count). The van der Waals surface area contributed by atoms with Crippen molar-refractivity contribution in [2.45, 2.75) is 13.0 Å². The maximum Gasteiger partial charge on any atom is 0.264 e. The molecular formula is C29H21N7O3. The normalized spacial score (nSPS) is 11.7. The highest BCUT2D eigenvalue weighted by Gasteiger charge is 2.23. The lowest BCUT2D eigenvalue weighted by atomic mass is 10.0. The van der Waals surface area contributed by atoms with Gasteiger partial charge >= 0.3 is 0 Å². The second-order valence-electron chi connectivity index (χ2n) is 8.78. The maximum absolute atomic E-state index is 14.1. The number of para-hydroxylation sites is 1. The van der Waals surface area contributed by atoms with E-state index < -0.39 is 11.9 Å². The molecule has 3 N–H and O–H groups in total. The third kappa shape index (κ3) is 4.28. The summed E-state index contributed by atoms with van der Waals surface area (Å²) in [4.78, 5) is 35.7. The fraction of sp³-hybridized carbons (Fsp3) is 0.0690. The molecule has 39 heavy (non-hydrogen) atoms. The lowest BCUT2D eigenvalue weighted by Crippen LogP contribution is -2.32. The standard InChI is InChI=1S/C29H21N7O3/c1-18(33-28(37)25-26(30)34-35-14-6-13-31-27(25)35)23-15-20-8-5-7-19(11-12-21-16-39-17-32-21)24(20)29(38)36(23)22-9-3-2-4-10-22/h2-10,13-18H,1H3,(H2,30,34)(H,33,37)/t18-/m1/s1. The quantitative estimate of drug-likeness (QED) is 0.343. The van der Waals surface area contributed by atoms with Crippen LogP contribution < -0.4 is 16.6 Å². The number of anilines is 1. The summed E-state index contributed by atoms with van der Waals surface area (Å²) < 4.78 is 8.03. The predicted octanol–water partition coefficient (Wildman–Crippen LogP) is 3.49. The summed E-state index contributed by atoms with van der Waals surface area (Å²) in [5.41, 5.74) is 8.55. The number of nitrogens with one attached hydrogen (secondary N) is 1. The van der Waals surface area contributed by atoms with Gasteiger partial charge in [-0.3, -0.25) is 14.2 Å². The molecule has 0 radical (unpaired) electrons. The van der Waals surface area contributed by atoms with Crippen LogP contribution in [0.3, 0.4) is 0 Å². The number of nitrogen functional groups attached to an aromatic ring is 1. The van der Waals surface area contributed by atoms with Gasteiger partial charge < -0.3 is 15.5 Å². The van der Waals surface area contributed by atoms with Crippen LogP contribution in [0.1, 0.15) is 40.3 Å². The minimum Gasteiger partial charge on any atom is -0.450 e. The summed E-state index contributed by atoms with van der Waals surface area (Å²) in [5, 5.41) is 8.29. The van der Waals surface area contributed by atoms with Crippen LogP contribution in [-0.2, 0) is 0 Å². The highest BCUT2D eigenvalue weighted by molar-refractivity contribution is 6.04. The average Bonchev–Trinajstić information content (AvgIpc) is 3.59. The van der Waals surface area contributed by atoms with Crippen molar-refractivity contribution in [1.29, 1.82) is 0 Å². The number of fused-ring (bicyclic) bond motifs is 2.